The Morgan fingerprint density at radius 3 is 2.67 bits per heavy atom. The Hall–Kier alpha value is -4.05. The van der Waals surface area contributed by atoms with Crippen LogP contribution in [0.4, 0.5) is 0 Å². The van der Waals surface area contributed by atoms with Gasteiger partial charge in [0.1, 0.15) is 23.5 Å². The van der Waals surface area contributed by atoms with Crippen LogP contribution in [0.2, 0.25) is 0 Å². The monoisotopic (exact) mass is 388 g/mol. The second kappa shape index (κ2) is 5.74. The summed E-state index contributed by atoms with van der Waals surface area (Å²) in [4.78, 5) is 4.80. The van der Waals surface area contributed by atoms with Crippen molar-refractivity contribution in [3.8, 4) is 22.6 Å². The molecule has 2 aromatic heterocycles. The fraction of sp³-hybridized carbons (Fsp3) is 0.0385. The number of hydrogen-bond donors (Lipinski definition) is 0. The number of para-hydroxylation sites is 4. The second-order valence-corrected chi connectivity index (χ2v) is 7.60. The van der Waals surface area contributed by atoms with Gasteiger partial charge in [-0.1, -0.05) is 54.6 Å². The Balaban J connectivity index is 1.51. The van der Waals surface area contributed by atoms with Crippen LogP contribution in [0.1, 0.15) is 5.82 Å². The minimum Gasteiger partial charge on any atom is -0.483 e. The fourth-order valence-electron chi connectivity index (χ4n) is 4.54. The van der Waals surface area contributed by atoms with E-state index in [1.807, 2.05) is 36.4 Å². The molecule has 0 N–H and O–H groups in total. The van der Waals surface area contributed by atoms with Crippen LogP contribution in [0.15, 0.2) is 89.3 Å². The maximum absolute atomic E-state index is 6.26. The summed E-state index contributed by atoms with van der Waals surface area (Å²) < 4.78 is 14.4. The molecular weight excluding hydrogens is 372 g/mol. The van der Waals surface area contributed by atoms with Crippen LogP contribution < -0.4 is 4.74 Å². The molecule has 6 aromatic rings. The lowest BCUT2D eigenvalue weighted by molar-refractivity contribution is 0.280. The zero-order valence-electron chi connectivity index (χ0n) is 16.0. The van der Waals surface area contributed by atoms with Crippen LogP contribution in [-0.2, 0) is 6.61 Å². The molecule has 0 saturated heterocycles. The van der Waals surface area contributed by atoms with Gasteiger partial charge < -0.3 is 9.15 Å². The van der Waals surface area contributed by atoms with Crippen LogP contribution in [0.3, 0.4) is 0 Å². The molecule has 0 bridgehead atoms. The van der Waals surface area contributed by atoms with E-state index < -0.39 is 0 Å². The standard InChI is InChI=1S/C26H16N2O2/c1-3-10-23-18(6-1)19-8-5-7-17(26(19)30-23)16-12-13-20-22(14-16)28-21-9-2-4-11-24(21)29-15-25(28)27-20/h1-14H,15H2. The molecule has 1 aliphatic heterocycles. The largest absolute Gasteiger partial charge is 0.483 e. The summed E-state index contributed by atoms with van der Waals surface area (Å²) in [5.74, 6) is 1.80. The topological polar surface area (TPSA) is 40.2 Å². The molecule has 0 spiro atoms. The highest BCUT2D eigenvalue weighted by atomic mass is 16.5. The Kier molecular flexibility index (Phi) is 3.03. The number of nitrogens with zero attached hydrogens (tertiary/aromatic N) is 2. The van der Waals surface area contributed by atoms with Gasteiger partial charge in [-0.2, -0.15) is 0 Å². The van der Waals surface area contributed by atoms with Crippen molar-refractivity contribution in [1.82, 2.24) is 9.55 Å². The second-order valence-electron chi connectivity index (χ2n) is 7.60. The Labute approximate surface area is 171 Å². The molecule has 4 nitrogen and oxygen atoms in total. The maximum atomic E-state index is 6.26. The van der Waals surface area contributed by atoms with Crippen molar-refractivity contribution in [2.75, 3.05) is 0 Å². The van der Waals surface area contributed by atoms with Crippen molar-refractivity contribution in [3.63, 3.8) is 0 Å². The first-order chi connectivity index (χ1) is 14.9. The third-order valence-electron chi connectivity index (χ3n) is 5.90. The van der Waals surface area contributed by atoms with E-state index in [1.54, 1.807) is 0 Å². The summed E-state index contributed by atoms with van der Waals surface area (Å²) in [5, 5.41) is 2.28. The van der Waals surface area contributed by atoms with Crippen molar-refractivity contribution in [2.24, 2.45) is 0 Å². The molecular formula is C26H16N2O2. The summed E-state index contributed by atoms with van der Waals surface area (Å²) in [5.41, 5.74) is 7.09. The van der Waals surface area contributed by atoms with E-state index in [0.29, 0.717) is 6.61 Å². The summed E-state index contributed by atoms with van der Waals surface area (Å²) >= 11 is 0. The highest BCUT2D eigenvalue weighted by Gasteiger charge is 2.21. The lowest BCUT2D eigenvalue weighted by Gasteiger charge is -2.19. The highest BCUT2D eigenvalue weighted by Crippen LogP contribution is 2.38. The van der Waals surface area contributed by atoms with E-state index in [1.165, 1.54) is 0 Å². The van der Waals surface area contributed by atoms with Crippen LogP contribution in [-0.4, -0.2) is 9.55 Å². The van der Waals surface area contributed by atoms with Crippen LogP contribution in [0, 0.1) is 0 Å². The normalized spacial score (nSPS) is 12.8. The van der Waals surface area contributed by atoms with Crippen molar-refractivity contribution in [2.45, 2.75) is 6.61 Å². The predicted octanol–water partition coefficient (Wildman–Crippen LogP) is 6.48. The van der Waals surface area contributed by atoms with Gasteiger partial charge >= 0.3 is 0 Å². The molecule has 142 valence electrons. The summed E-state index contributed by atoms with van der Waals surface area (Å²) in [6.45, 7) is 0.472. The van der Waals surface area contributed by atoms with Crippen LogP contribution in [0.25, 0.3) is 49.8 Å². The van der Waals surface area contributed by atoms with Gasteiger partial charge in [-0.3, -0.25) is 4.57 Å². The van der Waals surface area contributed by atoms with E-state index >= 15 is 0 Å². The maximum Gasteiger partial charge on any atom is 0.152 e. The molecule has 0 fully saturated rings. The molecule has 4 heteroatoms. The number of benzene rings is 4. The first kappa shape index (κ1) is 15.8. The summed E-state index contributed by atoms with van der Waals surface area (Å²) in [7, 11) is 0. The molecule has 30 heavy (non-hydrogen) atoms. The van der Waals surface area contributed by atoms with Crippen molar-refractivity contribution < 1.29 is 9.15 Å². The van der Waals surface area contributed by atoms with E-state index in [2.05, 4.69) is 53.1 Å². The predicted molar refractivity (Wildman–Crippen MR) is 118 cm³/mol. The van der Waals surface area contributed by atoms with Gasteiger partial charge in [0.25, 0.3) is 0 Å². The van der Waals surface area contributed by atoms with Crippen molar-refractivity contribution >= 4 is 33.0 Å². The van der Waals surface area contributed by atoms with Gasteiger partial charge in [0.15, 0.2) is 5.82 Å². The van der Waals surface area contributed by atoms with Crippen LogP contribution >= 0.6 is 0 Å². The van der Waals surface area contributed by atoms with Gasteiger partial charge in [-0.25, -0.2) is 4.98 Å². The summed E-state index contributed by atoms with van der Waals surface area (Å²) in [6.07, 6.45) is 0. The number of hydrogen-bond acceptors (Lipinski definition) is 3. The Morgan fingerprint density at radius 1 is 0.800 bits per heavy atom. The van der Waals surface area contributed by atoms with Gasteiger partial charge in [-0.15, -0.1) is 0 Å². The van der Waals surface area contributed by atoms with Crippen LogP contribution in [0.5, 0.6) is 5.75 Å². The number of furan rings is 1. The van der Waals surface area contributed by atoms with Gasteiger partial charge in [0.05, 0.1) is 16.7 Å². The zero-order valence-corrected chi connectivity index (χ0v) is 16.0. The average molecular weight is 388 g/mol. The smallest absolute Gasteiger partial charge is 0.152 e. The first-order valence-corrected chi connectivity index (χ1v) is 10.0. The van der Waals surface area contributed by atoms with E-state index in [0.717, 1.165) is 61.4 Å². The number of imidazole rings is 1. The zero-order chi connectivity index (χ0) is 19.7. The van der Waals surface area contributed by atoms with Gasteiger partial charge in [0.2, 0.25) is 0 Å². The average Bonchev–Trinajstić information content (AvgIpc) is 3.37. The van der Waals surface area contributed by atoms with Crippen molar-refractivity contribution in [1.29, 1.82) is 0 Å². The minimum atomic E-state index is 0.472. The van der Waals surface area contributed by atoms with Crippen molar-refractivity contribution in [3.05, 3.63) is 90.8 Å². The molecule has 0 atom stereocenters. The Bertz CT molecular complexity index is 1610. The quantitative estimate of drug-likeness (QED) is 0.323. The molecule has 3 heterocycles. The molecule has 0 unspecified atom stereocenters. The third-order valence-corrected chi connectivity index (χ3v) is 5.90. The number of ether oxygens (including phenoxy) is 1. The highest BCUT2D eigenvalue weighted by molar-refractivity contribution is 6.09. The van der Waals surface area contributed by atoms with E-state index in [4.69, 9.17) is 14.1 Å². The summed E-state index contributed by atoms with van der Waals surface area (Å²) in [6, 6.07) is 29.0. The molecule has 0 amide bonds. The molecule has 0 aliphatic carbocycles. The fourth-order valence-corrected chi connectivity index (χ4v) is 4.54. The molecule has 0 saturated carbocycles. The molecule has 7 rings (SSSR count). The molecule has 1 aliphatic rings. The lowest BCUT2D eigenvalue weighted by atomic mass is 10.0. The SMILES string of the molecule is c1ccc2c(c1)OCc1nc3ccc(-c4cccc5c4oc4ccccc45)cc3n1-2. The van der Waals surface area contributed by atoms with E-state index in [-0.39, 0.29) is 0 Å². The Morgan fingerprint density at radius 2 is 1.67 bits per heavy atom. The third kappa shape index (κ3) is 2.08. The number of rotatable bonds is 1. The van der Waals surface area contributed by atoms with E-state index in [9.17, 15) is 0 Å². The minimum absolute atomic E-state index is 0.472. The van der Waals surface area contributed by atoms with Gasteiger partial charge in [-0.05, 0) is 35.9 Å². The molecule has 0 radical (unpaired) electrons. The lowest BCUT2D eigenvalue weighted by Crippen LogP contribution is -2.12. The first-order valence-electron chi connectivity index (χ1n) is 10.0. The van der Waals surface area contributed by atoms with Gasteiger partial charge in [0, 0.05) is 16.3 Å². The molecule has 4 aromatic carbocycles. The number of aromatic nitrogens is 2. The number of fused-ring (bicyclic) bond motifs is 8.